The van der Waals surface area contributed by atoms with Crippen molar-refractivity contribution in [1.29, 1.82) is 0 Å². The lowest BCUT2D eigenvalue weighted by molar-refractivity contribution is -0.113. The number of allylic oxidation sites excluding steroid dienone is 1. The van der Waals surface area contributed by atoms with Gasteiger partial charge in [-0.1, -0.05) is 42.1 Å². The molecule has 2 amide bonds. The number of aromatic nitrogens is 3. The van der Waals surface area contributed by atoms with E-state index in [2.05, 4.69) is 27.4 Å². The Bertz CT molecular complexity index is 1130. The fourth-order valence-electron chi connectivity index (χ4n) is 3.02. The molecule has 0 spiro atoms. The molecule has 2 aromatic carbocycles. The fourth-order valence-corrected chi connectivity index (χ4v) is 3.78. The first-order valence-corrected chi connectivity index (χ1v) is 11.1. The topological polar surface area (TPSA) is 98.1 Å². The minimum Gasteiger partial charge on any atom is -0.495 e. The lowest BCUT2D eigenvalue weighted by atomic mass is 10.2. The number of nitrogens with zero attached hydrogens (tertiary/aromatic N) is 3. The van der Waals surface area contributed by atoms with Crippen molar-refractivity contribution in [3.8, 4) is 5.75 Å². The van der Waals surface area contributed by atoms with Gasteiger partial charge < -0.3 is 19.9 Å². The van der Waals surface area contributed by atoms with E-state index < -0.39 is 11.7 Å². The summed E-state index contributed by atoms with van der Waals surface area (Å²) >= 11 is 1.24. The number of carbonyl (C=O) groups excluding carboxylic acids is 2. The second kappa shape index (κ2) is 11.8. The summed E-state index contributed by atoms with van der Waals surface area (Å²) in [5, 5.41) is 14.4. The van der Waals surface area contributed by atoms with Gasteiger partial charge in [0.05, 0.1) is 24.1 Å². The van der Waals surface area contributed by atoms with Crippen LogP contribution in [-0.2, 0) is 17.8 Å². The summed E-state index contributed by atoms with van der Waals surface area (Å²) in [4.78, 5) is 24.6. The number of halogens is 1. The summed E-state index contributed by atoms with van der Waals surface area (Å²) in [6.07, 6.45) is 2.08. The molecule has 3 aromatic rings. The highest BCUT2D eigenvalue weighted by Crippen LogP contribution is 2.24. The first kappa shape index (κ1) is 24.0. The van der Waals surface area contributed by atoms with E-state index in [1.165, 1.54) is 37.1 Å². The zero-order valence-electron chi connectivity index (χ0n) is 18.1. The Morgan fingerprint density at radius 3 is 2.70 bits per heavy atom. The predicted octanol–water partition coefficient (Wildman–Crippen LogP) is 3.32. The van der Waals surface area contributed by atoms with Gasteiger partial charge in [-0.25, -0.2) is 4.39 Å². The van der Waals surface area contributed by atoms with Gasteiger partial charge in [-0.2, -0.15) is 0 Å². The largest absolute Gasteiger partial charge is 0.495 e. The van der Waals surface area contributed by atoms with E-state index in [4.69, 9.17) is 4.74 Å². The van der Waals surface area contributed by atoms with Crippen LogP contribution in [0, 0.1) is 5.82 Å². The molecule has 2 N–H and O–H groups in total. The van der Waals surface area contributed by atoms with Crippen molar-refractivity contribution in [2.45, 2.75) is 18.1 Å². The summed E-state index contributed by atoms with van der Waals surface area (Å²) in [5.74, 6) is 0.0377. The fraction of sp³-hybridized carbons (Fsp3) is 0.217. The number of thioether (sulfide) groups is 1. The first-order valence-electron chi connectivity index (χ1n) is 10.1. The van der Waals surface area contributed by atoms with Crippen molar-refractivity contribution in [2.24, 2.45) is 0 Å². The SMILES string of the molecule is C=CCn1c(CCNC(=O)c2ccccc2F)nnc1SCC(=O)Nc1ccccc1OC. The molecule has 0 atom stereocenters. The highest BCUT2D eigenvalue weighted by Gasteiger charge is 2.15. The van der Waals surface area contributed by atoms with Gasteiger partial charge in [0.2, 0.25) is 5.91 Å². The molecule has 0 saturated heterocycles. The maximum atomic E-state index is 13.7. The maximum Gasteiger partial charge on any atom is 0.254 e. The minimum absolute atomic E-state index is 0.0117. The summed E-state index contributed by atoms with van der Waals surface area (Å²) < 4.78 is 20.8. The van der Waals surface area contributed by atoms with Crippen molar-refractivity contribution in [3.05, 3.63) is 78.4 Å². The molecule has 33 heavy (non-hydrogen) atoms. The third-order valence-corrected chi connectivity index (χ3v) is 5.54. The molecule has 0 fully saturated rings. The van der Waals surface area contributed by atoms with Crippen molar-refractivity contribution in [3.63, 3.8) is 0 Å². The Kier molecular flexibility index (Phi) is 8.59. The second-order valence-corrected chi connectivity index (χ2v) is 7.76. The molecular formula is C23H24FN5O3S. The van der Waals surface area contributed by atoms with E-state index in [9.17, 15) is 14.0 Å². The lowest BCUT2D eigenvalue weighted by Gasteiger charge is -2.10. The molecule has 0 unspecified atom stereocenters. The average molecular weight is 470 g/mol. The van der Waals surface area contributed by atoms with Crippen LogP contribution in [0.15, 0.2) is 66.3 Å². The van der Waals surface area contributed by atoms with Crippen LogP contribution >= 0.6 is 11.8 Å². The summed E-state index contributed by atoms with van der Waals surface area (Å²) in [5.41, 5.74) is 0.576. The van der Waals surface area contributed by atoms with Crippen LogP contribution in [0.2, 0.25) is 0 Å². The number of carbonyl (C=O) groups is 2. The van der Waals surface area contributed by atoms with E-state index in [1.807, 2.05) is 16.7 Å². The van der Waals surface area contributed by atoms with Crippen molar-refractivity contribution >= 4 is 29.3 Å². The maximum absolute atomic E-state index is 13.7. The normalized spacial score (nSPS) is 10.5. The van der Waals surface area contributed by atoms with Gasteiger partial charge in [-0.05, 0) is 24.3 Å². The van der Waals surface area contributed by atoms with Gasteiger partial charge in [0.15, 0.2) is 5.16 Å². The van der Waals surface area contributed by atoms with Crippen molar-refractivity contribution in [2.75, 3.05) is 24.7 Å². The molecule has 1 heterocycles. The van der Waals surface area contributed by atoms with Crippen LogP contribution in [0.4, 0.5) is 10.1 Å². The third-order valence-electron chi connectivity index (χ3n) is 4.57. The Morgan fingerprint density at radius 1 is 1.18 bits per heavy atom. The molecule has 0 saturated carbocycles. The number of methoxy groups -OCH3 is 1. The number of hydrogen-bond donors (Lipinski definition) is 2. The summed E-state index contributed by atoms with van der Waals surface area (Å²) in [7, 11) is 1.54. The van der Waals surface area contributed by atoms with Crippen LogP contribution in [0.5, 0.6) is 5.75 Å². The first-order chi connectivity index (χ1) is 16.0. The van der Waals surface area contributed by atoms with Gasteiger partial charge in [0.25, 0.3) is 5.91 Å². The van der Waals surface area contributed by atoms with Crippen molar-refractivity contribution < 1.29 is 18.7 Å². The zero-order chi connectivity index (χ0) is 23.6. The Balaban J connectivity index is 1.57. The van der Waals surface area contributed by atoms with E-state index in [-0.39, 0.29) is 23.8 Å². The number of hydrogen-bond acceptors (Lipinski definition) is 6. The Morgan fingerprint density at radius 2 is 1.94 bits per heavy atom. The summed E-state index contributed by atoms with van der Waals surface area (Å²) in [6, 6.07) is 12.9. The molecule has 0 aliphatic carbocycles. The number of para-hydroxylation sites is 2. The molecule has 0 aliphatic heterocycles. The van der Waals surface area contributed by atoms with E-state index in [0.717, 1.165) is 0 Å². The lowest BCUT2D eigenvalue weighted by Crippen LogP contribution is -2.27. The highest BCUT2D eigenvalue weighted by molar-refractivity contribution is 7.99. The molecule has 1 aromatic heterocycles. The minimum atomic E-state index is -0.574. The molecule has 172 valence electrons. The number of rotatable bonds is 11. The molecule has 3 rings (SSSR count). The monoisotopic (exact) mass is 469 g/mol. The zero-order valence-corrected chi connectivity index (χ0v) is 18.9. The number of ether oxygens (including phenoxy) is 1. The quantitative estimate of drug-likeness (QED) is 0.330. The average Bonchev–Trinajstić information content (AvgIpc) is 3.20. The Labute approximate surface area is 195 Å². The van der Waals surface area contributed by atoms with Gasteiger partial charge >= 0.3 is 0 Å². The van der Waals surface area contributed by atoms with Crippen molar-refractivity contribution in [1.82, 2.24) is 20.1 Å². The number of nitrogens with one attached hydrogen (secondary N) is 2. The van der Waals surface area contributed by atoms with Gasteiger partial charge in [-0.15, -0.1) is 16.8 Å². The predicted molar refractivity (Wildman–Crippen MR) is 125 cm³/mol. The highest BCUT2D eigenvalue weighted by atomic mass is 32.2. The van der Waals surface area contributed by atoms with E-state index in [1.54, 1.807) is 24.3 Å². The van der Waals surface area contributed by atoms with Crippen LogP contribution < -0.4 is 15.4 Å². The number of anilines is 1. The van der Waals surface area contributed by atoms with Gasteiger partial charge in [0, 0.05) is 19.5 Å². The number of benzene rings is 2. The van der Waals surface area contributed by atoms with Gasteiger partial charge in [-0.3, -0.25) is 9.59 Å². The molecular weight excluding hydrogens is 445 g/mol. The van der Waals surface area contributed by atoms with E-state index in [0.29, 0.717) is 35.4 Å². The van der Waals surface area contributed by atoms with Crippen LogP contribution in [0.1, 0.15) is 16.2 Å². The molecule has 10 heteroatoms. The second-order valence-electron chi connectivity index (χ2n) is 6.82. The number of amides is 2. The molecule has 0 aliphatic rings. The Hall–Kier alpha value is -3.66. The molecule has 0 bridgehead atoms. The van der Waals surface area contributed by atoms with Crippen LogP contribution in [-0.4, -0.2) is 46.0 Å². The molecule has 8 nitrogen and oxygen atoms in total. The van der Waals surface area contributed by atoms with Crippen LogP contribution in [0.25, 0.3) is 0 Å². The summed E-state index contributed by atoms with van der Waals surface area (Å²) in [6.45, 7) is 4.45. The molecule has 0 radical (unpaired) electrons. The smallest absolute Gasteiger partial charge is 0.254 e. The van der Waals surface area contributed by atoms with Crippen LogP contribution in [0.3, 0.4) is 0 Å². The third kappa shape index (κ3) is 6.42. The van der Waals surface area contributed by atoms with E-state index >= 15 is 0 Å². The van der Waals surface area contributed by atoms with Gasteiger partial charge in [0.1, 0.15) is 17.4 Å². The standard InChI is InChI=1S/C23H24FN5O3S/c1-3-14-29-20(12-13-25-22(31)16-8-4-5-9-17(16)24)27-28-23(29)33-15-21(30)26-18-10-6-7-11-19(18)32-2/h3-11H,1,12-15H2,2H3,(H,25,31)(H,26,30).